The molecule has 1 atom stereocenters. The molecule has 0 unspecified atom stereocenters. The van der Waals surface area contributed by atoms with Crippen molar-refractivity contribution in [3.63, 3.8) is 0 Å². The van der Waals surface area contributed by atoms with E-state index in [9.17, 15) is 18.0 Å². The summed E-state index contributed by atoms with van der Waals surface area (Å²) in [6, 6.07) is 5.35. The largest absolute Gasteiger partial charge is 0.471 e. The lowest BCUT2D eigenvalue weighted by atomic mass is 9.97. The van der Waals surface area contributed by atoms with E-state index in [1.54, 1.807) is 10.9 Å². The molecule has 0 saturated carbocycles. The van der Waals surface area contributed by atoms with Crippen LogP contribution in [0.5, 0.6) is 0 Å². The molecule has 0 spiro atoms. The Balaban J connectivity index is 1.70. The third-order valence-electron chi connectivity index (χ3n) is 4.85. The number of alkyl halides is 3. The first-order chi connectivity index (χ1) is 11.8. The highest BCUT2D eigenvalue weighted by atomic mass is 19.4. The van der Waals surface area contributed by atoms with Gasteiger partial charge in [-0.2, -0.15) is 18.3 Å². The van der Waals surface area contributed by atoms with Crippen molar-refractivity contribution in [2.45, 2.75) is 25.1 Å². The monoisotopic (exact) mass is 347 g/mol. The van der Waals surface area contributed by atoms with E-state index < -0.39 is 18.1 Å². The summed E-state index contributed by atoms with van der Waals surface area (Å²) in [6.07, 6.45) is 1.63. The van der Waals surface area contributed by atoms with Gasteiger partial charge < -0.3 is 4.90 Å². The van der Waals surface area contributed by atoms with Crippen LogP contribution in [0.15, 0.2) is 36.7 Å². The van der Waals surface area contributed by atoms with Crippen molar-refractivity contribution < 1.29 is 18.0 Å². The van der Waals surface area contributed by atoms with Crippen LogP contribution in [0.25, 0.3) is 16.7 Å². The molecule has 0 radical (unpaired) electrons. The Hall–Kier alpha value is -2.57. The molecule has 4 rings (SSSR count). The second-order valence-corrected chi connectivity index (χ2v) is 6.44. The number of aromatic nitrogens is 2. The number of amides is 1. The number of carbonyl (C=O) groups excluding carboxylic acids is 1. The molecule has 1 aromatic carbocycles. The zero-order chi connectivity index (χ0) is 17.8. The van der Waals surface area contributed by atoms with Gasteiger partial charge in [0.25, 0.3) is 0 Å². The van der Waals surface area contributed by atoms with Crippen molar-refractivity contribution >= 4 is 11.5 Å². The molecule has 2 aliphatic rings. The molecule has 0 N–H and O–H groups in total. The molecule has 1 aliphatic heterocycles. The molecule has 130 valence electrons. The Morgan fingerprint density at radius 3 is 2.76 bits per heavy atom. The number of rotatable bonds is 1. The van der Waals surface area contributed by atoms with E-state index >= 15 is 0 Å². The van der Waals surface area contributed by atoms with Crippen LogP contribution in [0.2, 0.25) is 0 Å². The van der Waals surface area contributed by atoms with Crippen LogP contribution in [-0.2, 0) is 18.3 Å². The van der Waals surface area contributed by atoms with Gasteiger partial charge >= 0.3 is 12.1 Å². The number of carbonyl (C=O) groups is 1. The first-order valence-electron chi connectivity index (χ1n) is 8.05. The lowest BCUT2D eigenvalue weighted by molar-refractivity contribution is -0.186. The second kappa shape index (κ2) is 5.47. The highest BCUT2D eigenvalue weighted by Crippen LogP contribution is 2.41. The molecule has 1 aromatic heterocycles. The van der Waals surface area contributed by atoms with E-state index in [-0.39, 0.29) is 6.54 Å². The fourth-order valence-corrected chi connectivity index (χ4v) is 3.72. The SMILES string of the molecule is Cn1cc(-c2ccc3c(c2)C2=CCCN(C(=O)C(F)(F)F)[C@H]2C3)cn1. The van der Waals surface area contributed by atoms with Crippen molar-refractivity contribution in [2.75, 3.05) is 6.54 Å². The van der Waals surface area contributed by atoms with Crippen LogP contribution < -0.4 is 0 Å². The van der Waals surface area contributed by atoms with Crippen LogP contribution >= 0.6 is 0 Å². The molecule has 4 nitrogen and oxygen atoms in total. The summed E-state index contributed by atoms with van der Waals surface area (Å²) in [7, 11) is 1.83. The van der Waals surface area contributed by atoms with E-state index in [2.05, 4.69) is 5.10 Å². The number of fused-ring (bicyclic) bond motifs is 3. The summed E-state index contributed by atoms with van der Waals surface area (Å²) >= 11 is 0. The fourth-order valence-electron chi connectivity index (χ4n) is 3.72. The topological polar surface area (TPSA) is 38.1 Å². The van der Waals surface area contributed by atoms with E-state index in [0.29, 0.717) is 12.8 Å². The van der Waals surface area contributed by atoms with Crippen molar-refractivity contribution in [3.8, 4) is 11.1 Å². The molecule has 25 heavy (non-hydrogen) atoms. The summed E-state index contributed by atoms with van der Waals surface area (Å²) in [4.78, 5) is 12.7. The Morgan fingerprint density at radius 2 is 2.08 bits per heavy atom. The van der Waals surface area contributed by atoms with Crippen molar-refractivity contribution in [1.29, 1.82) is 0 Å². The number of aryl methyl sites for hydroxylation is 1. The number of benzene rings is 1. The minimum Gasteiger partial charge on any atom is -0.327 e. The van der Waals surface area contributed by atoms with E-state index in [1.165, 1.54) is 0 Å². The fraction of sp³-hybridized carbons (Fsp3) is 0.333. The molecule has 2 heterocycles. The third-order valence-corrected chi connectivity index (χ3v) is 4.85. The Bertz CT molecular complexity index is 882. The summed E-state index contributed by atoms with van der Waals surface area (Å²) in [6.45, 7) is 0.107. The van der Waals surface area contributed by atoms with Gasteiger partial charge in [-0.15, -0.1) is 0 Å². The summed E-state index contributed by atoms with van der Waals surface area (Å²) < 4.78 is 40.4. The van der Waals surface area contributed by atoms with Gasteiger partial charge in [-0.05, 0) is 41.2 Å². The van der Waals surface area contributed by atoms with Gasteiger partial charge in [0.1, 0.15) is 0 Å². The maximum absolute atomic E-state index is 12.9. The number of hydrogen-bond acceptors (Lipinski definition) is 2. The Kier molecular flexibility index (Phi) is 3.49. The average molecular weight is 347 g/mol. The predicted octanol–water partition coefficient (Wildman–Crippen LogP) is 3.19. The first-order valence-corrected chi connectivity index (χ1v) is 8.05. The molecule has 0 fully saturated rings. The lowest BCUT2D eigenvalue weighted by Gasteiger charge is -2.33. The van der Waals surface area contributed by atoms with Crippen LogP contribution in [0.4, 0.5) is 13.2 Å². The highest BCUT2D eigenvalue weighted by Gasteiger charge is 2.47. The molecule has 1 aliphatic carbocycles. The number of nitrogens with zero attached hydrogens (tertiary/aromatic N) is 3. The van der Waals surface area contributed by atoms with Crippen LogP contribution in [0, 0.1) is 0 Å². The molecule has 1 amide bonds. The van der Waals surface area contributed by atoms with Crippen molar-refractivity contribution in [1.82, 2.24) is 14.7 Å². The van der Waals surface area contributed by atoms with Gasteiger partial charge in [0.2, 0.25) is 0 Å². The normalized spacial score (nSPS) is 19.4. The summed E-state index contributed by atoms with van der Waals surface area (Å²) in [5.41, 5.74) is 4.66. The lowest BCUT2D eigenvalue weighted by Crippen LogP contribution is -2.48. The Labute approximate surface area is 142 Å². The zero-order valence-corrected chi connectivity index (χ0v) is 13.5. The molecule has 2 aromatic rings. The van der Waals surface area contributed by atoms with Gasteiger partial charge in [-0.1, -0.05) is 18.2 Å². The van der Waals surface area contributed by atoms with Gasteiger partial charge in [0.15, 0.2) is 0 Å². The maximum atomic E-state index is 12.9. The highest BCUT2D eigenvalue weighted by molar-refractivity contribution is 5.88. The molecular weight excluding hydrogens is 331 g/mol. The van der Waals surface area contributed by atoms with Crippen LogP contribution in [-0.4, -0.2) is 39.4 Å². The van der Waals surface area contributed by atoms with Crippen molar-refractivity contribution in [2.24, 2.45) is 7.05 Å². The van der Waals surface area contributed by atoms with Crippen LogP contribution in [0.1, 0.15) is 17.5 Å². The zero-order valence-electron chi connectivity index (χ0n) is 13.5. The molecular formula is C18H16F3N3O. The average Bonchev–Trinajstić information content (AvgIpc) is 3.16. The van der Waals surface area contributed by atoms with Crippen molar-refractivity contribution in [3.05, 3.63) is 47.8 Å². The number of halogens is 3. The van der Waals surface area contributed by atoms with E-state index in [0.717, 1.165) is 32.7 Å². The molecule has 0 bridgehead atoms. The van der Waals surface area contributed by atoms with Gasteiger partial charge in [-0.3, -0.25) is 9.48 Å². The quantitative estimate of drug-likeness (QED) is 0.795. The minimum absolute atomic E-state index is 0.107. The molecule has 0 saturated heterocycles. The van der Waals surface area contributed by atoms with Gasteiger partial charge in [-0.25, -0.2) is 0 Å². The predicted molar refractivity (Wildman–Crippen MR) is 86.5 cm³/mol. The first kappa shape index (κ1) is 15.9. The minimum atomic E-state index is -4.84. The second-order valence-electron chi connectivity index (χ2n) is 6.44. The van der Waals surface area contributed by atoms with Crippen LogP contribution in [0.3, 0.4) is 0 Å². The third kappa shape index (κ3) is 2.63. The smallest absolute Gasteiger partial charge is 0.327 e. The van der Waals surface area contributed by atoms with E-state index in [1.807, 2.05) is 37.5 Å². The standard InChI is InChI=1S/C18H16F3N3O/c1-23-10-13(9-22-23)11-4-5-12-8-16-14(15(12)7-11)3-2-6-24(16)17(25)18(19,20)21/h3-5,7,9-10,16H,2,6,8H2,1H3/t16-/m0/s1. The molecule has 7 heteroatoms. The van der Waals surface area contributed by atoms with Gasteiger partial charge in [0.05, 0.1) is 12.2 Å². The number of hydrogen-bond donors (Lipinski definition) is 0. The van der Waals surface area contributed by atoms with Gasteiger partial charge in [0, 0.05) is 25.4 Å². The maximum Gasteiger partial charge on any atom is 0.471 e. The summed E-state index contributed by atoms with van der Waals surface area (Å²) in [5, 5.41) is 4.15. The summed E-state index contributed by atoms with van der Waals surface area (Å²) in [5.74, 6) is -1.75. The Morgan fingerprint density at radius 1 is 1.28 bits per heavy atom. The van der Waals surface area contributed by atoms with E-state index in [4.69, 9.17) is 0 Å².